The molecule has 1 aliphatic heterocycles. The molecule has 2 atom stereocenters. The largest absolute Gasteiger partial charge is 0.396 e. The van der Waals surface area contributed by atoms with Crippen LogP contribution < -0.4 is 10.6 Å². The molecule has 0 aromatic heterocycles. The van der Waals surface area contributed by atoms with E-state index < -0.39 is 0 Å². The molecule has 4 heteroatoms. The van der Waals surface area contributed by atoms with Crippen molar-refractivity contribution in [2.75, 3.05) is 26.2 Å². The predicted molar refractivity (Wildman–Crippen MR) is 68.6 cm³/mol. The van der Waals surface area contributed by atoms with E-state index in [1.165, 1.54) is 0 Å². The second-order valence-electron chi connectivity index (χ2n) is 5.95. The van der Waals surface area contributed by atoms with E-state index in [1.807, 2.05) is 0 Å². The van der Waals surface area contributed by atoms with Gasteiger partial charge in [-0.2, -0.15) is 0 Å². The molecule has 1 aliphatic rings. The summed E-state index contributed by atoms with van der Waals surface area (Å²) in [5, 5.41) is 15.1. The zero-order valence-corrected chi connectivity index (χ0v) is 11.3. The lowest BCUT2D eigenvalue weighted by Crippen LogP contribution is -2.39. The van der Waals surface area contributed by atoms with Crippen molar-refractivity contribution in [1.29, 1.82) is 0 Å². The third-order valence-electron chi connectivity index (χ3n) is 3.61. The summed E-state index contributed by atoms with van der Waals surface area (Å²) in [6.07, 6.45) is 1.73. The fraction of sp³-hybridized carbons (Fsp3) is 0.923. The van der Waals surface area contributed by atoms with Gasteiger partial charge in [-0.15, -0.1) is 0 Å². The number of aliphatic hydroxyl groups is 1. The van der Waals surface area contributed by atoms with Crippen LogP contribution in [0.15, 0.2) is 0 Å². The van der Waals surface area contributed by atoms with Gasteiger partial charge in [-0.25, -0.2) is 0 Å². The summed E-state index contributed by atoms with van der Waals surface area (Å²) in [6, 6.07) is 0. The van der Waals surface area contributed by atoms with Crippen LogP contribution >= 0.6 is 0 Å². The van der Waals surface area contributed by atoms with Gasteiger partial charge in [-0.3, -0.25) is 4.79 Å². The summed E-state index contributed by atoms with van der Waals surface area (Å²) >= 11 is 0. The number of aliphatic hydroxyl groups excluding tert-OH is 1. The summed E-state index contributed by atoms with van der Waals surface area (Å²) in [6.45, 7) is 9.01. The monoisotopic (exact) mass is 242 g/mol. The summed E-state index contributed by atoms with van der Waals surface area (Å²) in [4.78, 5) is 12.0. The molecule has 100 valence electrons. The lowest BCUT2D eigenvalue weighted by Gasteiger charge is -2.26. The predicted octanol–water partition coefficient (Wildman–Crippen LogP) is 0.757. The summed E-state index contributed by atoms with van der Waals surface area (Å²) < 4.78 is 0. The molecule has 0 saturated carbocycles. The van der Waals surface area contributed by atoms with Crippen molar-refractivity contribution >= 4 is 5.91 Å². The second kappa shape index (κ2) is 6.36. The van der Waals surface area contributed by atoms with Gasteiger partial charge in [0.2, 0.25) is 5.91 Å². The quantitative estimate of drug-likeness (QED) is 0.644. The summed E-state index contributed by atoms with van der Waals surface area (Å²) in [5.41, 5.74) is 0.0632. The molecular weight excluding hydrogens is 216 g/mol. The van der Waals surface area contributed by atoms with E-state index in [2.05, 4.69) is 31.4 Å². The van der Waals surface area contributed by atoms with Gasteiger partial charge in [0.15, 0.2) is 0 Å². The number of hydrogen-bond donors (Lipinski definition) is 3. The van der Waals surface area contributed by atoms with Crippen LogP contribution in [0.1, 0.15) is 33.6 Å². The van der Waals surface area contributed by atoms with E-state index in [0.29, 0.717) is 12.5 Å². The highest BCUT2D eigenvalue weighted by Crippen LogP contribution is 2.22. The Morgan fingerprint density at radius 2 is 2.18 bits per heavy atom. The zero-order chi connectivity index (χ0) is 12.9. The standard InChI is InChI=1S/C13H26N2O2/c1-10-7-14-8-11(10)12(17)15-9-13(2,3)5-4-6-16/h10-11,14,16H,4-9H2,1-3H3,(H,15,17). The SMILES string of the molecule is CC1CNCC1C(=O)NCC(C)(C)CCCO. The Morgan fingerprint density at radius 1 is 1.47 bits per heavy atom. The molecule has 0 aliphatic carbocycles. The molecule has 1 saturated heterocycles. The first-order valence-corrected chi connectivity index (χ1v) is 6.55. The number of amides is 1. The minimum atomic E-state index is 0.0632. The lowest BCUT2D eigenvalue weighted by atomic mass is 9.87. The summed E-state index contributed by atoms with van der Waals surface area (Å²) in [7, 11) is 0. The smallest absolute Gasteiger partial charge is 0.224 e. The molecule has 0 spiro atoms. The maximum atomic E-state index is 12.0. The Kier molecular flexibility index (Phi) is 5.40. The van der Waals surface area contributed by atoms with Crippen LogP contribution in [-0.4, -0.2) is 37.3 Å². The van der Waals surface area contributed by atoms with Crippen LogP contribution in [-0.2, 0) is 4.79 Å². The topological polar surface area (TPSA) is 61.4 Å². The van der Waals surface area contributed by atoms with Gasteiger partial charge >= 0.3 is 0 Å². The molecule has 0 radical (unpaired) electrons. The Hall–Kier alpha value is -0.610. The van der Waals surface area contributed by atoms with E-state index in [0.717, 1.165) is 25.9 Å². The van der Waals surface area contributed by atoms with Gasteiger partial charge in [0.25, 0.3) is 0 Å². The maximum absolute atomic E-state index is 12.0. The lowest BCUT2D eigenvalue weighted by molar-refractivity contribution is -0.125. The normalized spacial score (nSPS) is 24.9. The average molecular weight is 242 g/mol. The molecule has 2 unspecified atom stereocenters. The van der Waals surface area contributed by atoms with Crippen LogP contribution in [0, 0.1) is 17.3 Å². The highest BCUT2D eigenvalue weighted by atomic mass is 16.2. The fourth-order valence-electron chi connectivity index (χ4n) is 2.26. The van der Waals surface area contributed by atoms with Crippen LogP contribution in [0.25, 0.3) is 0 Å². The van der Waals surface area contributed by atoms with Gasteiger partial charge in [0.1, 0.15) is 0 Å². The molecule has 1 amide bonds. The Balaban J connectivity index is 2.31. The molecule has 0 aromatic rings. The van der Waals surface area contributed by atoms with Crippen LogP contribution in [0.5, 0.6) is 0 Å². The molecule has 0 aromatic carbocycles. The molecule has 0 bridgehead atoms. The highest BCUT2D eigenvalue weighted by molar-refractivity contribution is 5.79. The Labute approximate surface area is 104 Å². The van der Waals surface area contributed by atoms with Crippen molar-refractivity contribution in [3.63, 3.8) is 0 Å². The number of nitrogens with one attached hydrogen (secondary N) is 2. The minimum absolute atomic E-state index is 0.0632. The zero-order valence-electron chi connectivity index (χ0n) is 11.3. The first-order chi connectivity index (χ1) is 7.96. The van der Waals surface area contributed by atoms with Gasteiger partial charge in [0, 0.05) is 19.7 Å². The number of hydrogen-bond acceptors (Lipinski definition) is 3. The maximum Gasteiger partial charge on any atom is 0.224 e. The molecule has 3 N–H and O–H groups in total. The van der Waals surface area contributed by atoms with E-state index in [9.17, 15) is 4.79 Å². The Bertz CT molecular complexity index is 254. The van der Waals surface area contributed by atoms with Crippen LogP contribution in [0.3, 0.4) is 0 Å². The second-order valence-corrected chi connectivity index (χ2v) is 5.95. The third-order valence-corrected chi connectivity index (χ3v) is 3.61. The van der Waals surface area contributed by atoms with Crippen LogP contribution in [0.4, 0.5) is 0 Å². The fourth-order valence-corrected chi connectivity index (χ4v) is 2.26. The van der Waals surface area contributed by atoms with Gasteiger partial charge in [0.05, 0.1) is 5.92 Å². The number of carbonyl (C=O) groups excluding carboxylic acids is 1. The molecule has 1 heterocycles. The number of rotatable bonds is 6. The van der Waals surface area contributed by atoms with E-state index in [4.69, 9.17) is 5.11 Å². The minimum Gasteiger partial charge on any atom is -0.396 e. The molecule has 17 heavy (non-hydrogen) atoms. The summed E-state index contributed by atoms with van der Waals surface area (Å²) in [5.74, 6) is 0.707. The van der Waals surface area contributed by atoms with E-state index >= 15 is 0 Å². The van der Waals surface area contributed by atoms with Crippen LogP contribution in [0.2, 0.25) is 0 Å². The average Bonchev–Trinajstić information content (AvgIpc) is 2.70. The van der Waals surface area contributed by atoms with Crippen molar-refractivity contribution in [1.82, 2.24) is 10.6 Å². The first kappa shape index (κ1) is 14.5. The van der Waals surface area contributed by atoms with E-state index in [-0.39, 0.29) is 23.8 Å². The molecular formula is C13H26N2O2. The van der Waals surface area contributed by atoms with E-state index in [1.54, 1.807) is 0 Å². The first-order valence-electron chi connectivity index (χ1n) is 6.55. The van der Waals surface area contributed by atoms with Crippen molar-refractivity contribution in [3.8, 4) is 0 Å². The number of carbonyl (C=O) groups is 1. The van der Waals surface area contributed by atoms with Gasteiger partial charge in [-0.1, -0.05) is 20.8 Å². The van der Waals surface area contributed by atoms with Gasteiger partial charge in [-0.05, 0) is 30.7 Å². The third kappa shape index (κ3) is 4.64. The van der Waals surface area contributed by atoms with Crippen molar-refractivity contribution in [2.45, 2.75) is 33.6 Å². The van der Waals surface area contributed by atoms with Crippen molar-refractivity contribution in [3.05, 3.63) is 0 Å². The molecule has 1 fully saturated rings. The van der Waals surface area contributed by atoms with Gasteiger partial charge < -0.3 is 15.7 Å². The Morgan fingerprint density at radius 3 is 2.71 bits per heavy atom. The highest BCUT2D eigenvalue weighted by Gasteiger charge is 2.30. The van der Waals surface area contributed by atoms with Crippen molar-refractivity contribution < 1.29 is 9.90 Å². The molecule has 4 nitrogen and oxygen atoms in total. The van der Waals surface area contributed by atoms with Crippen molar-refractivity contribution in [2.24, 2.45) is 17.3 Å². The molecule has 1 rings (SSSR count).